The van der Waals surface area contributed by atoms with Crippen LogP contribution < -0.4 is 9.78 Å². The Hall–Kier alpha value is -1.74. The van der Waals surface area contributed by atoms with E-state index in [0.717, 1.165) is 16.9 Å². The first-order valence-electron chi connectivity index (χ1n) is 9.50. The fourth-order valence-corrected chi connectivity index (χ4v) is 8.88. The van der Waals surface area contributed by atoms with Crippen LogP contribution in [0.4, 0.5) is 0 Å². The Balaban J connectivity index is 1.81. The van der Waals surface area contributed by atoms with Gasteiger partial charge < -0.3 is 0 Å². The molecule has 9 heteroatoms. The number of thiophene rings is 1. The molecule has 7 nitrogen and oxygen atoms in total. The van der Waals surface area contributed by atoms with Gasteiger partial charge in [0, 0.05) is 0 Å². The zero-order valence-corrected chi connectivity index (χ0v) is 19.4. The molecule has 1 unspecified atom stereocenters. The summed E-state index contributed by atoms with van der Waals surface area (Å²) in [4.78, 5) is 25.8. The molecule has 2 heterocycles. The molecule has 1 saturated heterocycles. The van der Waals surface area contributed by atoms with Gasteiger partial charge in [0.25, 0.3) is 0 Å². The van der Waals surface area contributed by atoms with Gasteiger partial charge in [-0.3, -0.25) is 0 Å². The number of piperidine rings is 1. The van der Waals surface area contributed by atoms with Gasteiger partial charge in [0.1, 0.15) is 0 Å². The van der Waals surface area contributed by atoms with Gasteiger partial charge in [0.2, 0.25) is 0 Å². The maximum absolute atomic E-state index is 13.6. The van der Waals surface area contributed by atoms with E-state index < -0.39 is 30.4 Å². The molecule has 0 amide bonds. The fraction of sp³-hybridized carbons (Fsp3) is 0.429. The van der Waals surface area contributed by atoms with Gasteiger partial charge in [-0.25, -0.2) is 0 Å². The molecule has 160 valence electrons. The molecule has 1 N–H and O–H groups in total. The molecule has 30 heavy (non-hydrogen) atoms. The topological polar surface area (TPSA) is 90.9 Å². The van der Waals surface area contributed by atoms with Gasteiger partial charge in [0.15, 0.2) is 0 Å². The van der Waals surface area contributed by atoms with Crippen molar-refractivity contribution in [3.05, 3.63) is 51.7 Å². The minimum atomic E-state index is -2.72. The number of Topliss-reactive ketones (excluding diaryl/α,β-unsaturated/α-hetero) is 1. The molecule has 2 aromatic rings. The SMILES string of the molecule is COC(=O)c1cc2c(s1)C(=O)[C@@H]([Se](=O)c1ccccc1)[C@@H]1NCC(OC)(OC)C[C@H]21. The predicted molar refractivity (Wildman–Crippen MR) is 112 cm³/mol. The zero-order chi connectivity index (χ0) is 21.5. The van der Waals surface area contributed by atoms with Gasteiger partial charge in [-0.1, -0.05) is 0 Å². The third-order valence-electron chi connectivity index (χ3n) is 5.88. The van der Waals surface area contributed by atoms with Gasteiger partial charge >= 0.3 is 183 Å². The molecule has 1 fully saturated rings. The van der Waals surface area contributed by atoms with E-state index in [0.29, 0.717) is 27.2 Å². The van der Waals surface area contributed by atoms with Crippen LogP contribution in [-0.4, -0.2) is 65.3 Å². The van der Waals surface area contributed by atoms with Gasteiger partial charge in [-0.2, -0.15) is 0 Å². The summed E-state index contributed by atoms with van der Waals surface area (Å²) in [6.07, 6.45) is 0.486. The van der Waals surface area contributed by atoms with Gasteiger partial charge in [-0.15, -0.1) is 0 Å². The Morgan fingerprint density at radius 3 is 2.53 bits per heavy atom. The number of nitrogens with one attached hydrogen (secondary N) is 1. The predicted octanol–water partition coefficient (Wildman–Crippen LogP) is 1.86. The van der Waals surface area contributed by atoms with Crippen molar-refractivity contribution in [3.63, 3.8) is 0 Å². The third kappa shape index (κ3) is 3.49. The summed E-state index contributed by atoms with van der Waals surface area (Å²) in [6, 6.07) is 10.5. The van der Waals surface area contributed by atoms with Gasteiger partial charge in [0.05, 0.1) is 0 Å². The van der Waals surface area contributed by atoms with Crippen molar-refractivity contribution in [1.82, 2.24) is 5.32 Å². The third-order valence-corrected chi connectivity index (χ3v) is 10.6. The van der Waals surface area contributed by atoms with Crippen molar-refractivity contribution >= 4 is 41.4 Å². The first-order chi connectivity index (χ1) is 14.4. The van der Waals surface area contributed by atoms with Crippen LogP contribution in [0.25, 0.3) is 0 Å². The van der Waals surface area contributed by atoms with Crippen LogP contribution in [-0.2, 0) is 18.0 Å². The van der Waals surface area contributed by atoms with Crippen LogP contribution in [0.2, 0.25) is 4.82 Å². The number of carbonyl (C=O) groups excluding carboxylic acids is 2. The summed E-state index contributed by atoms with van der Waals surface area (Å²) in [5, 5.41) is 3.39. The summed E-state index contributed by atoms with van der Waals surface area (Å²) in [6.45, 7) is 0.377. The summed E-state index contributed by atoms with van der Waals surface area (Å²) in [7, 11) is 4.48. The molecule has 0 spiro atoms. The van der Waals surface area contributed by atoms with E-state index in [4.69, 9.17) is 14.2 Å². The molecule has 1 aliphatic heterocycles. The second kappa shape index (κ2) is 8.42. The number of hydrogen-bond donors (Lipinski definition) is 1. The van der Waals surface area contributed by atoms with Crippen LogP contribution >= 0.6 is 11.3 Å². The van der Waals surface area contributed by atoms with E-state index in [1.54, 1.807) is 32.4 Å². The Labute approximate surface area is 182 Å². The van der Waals surface area contributed by atoms with E-state index in [1.165, 1.54) is 7.11 Å². The number of methoxy groups -OCH3 is 3. The molecule has 1 aromatic heterocycles. The van der Waals surface area contributed by atoms with Crippen molar-refractivity contribution in [2.75, 3.05) is 27.9 Å². The van der Waals surface area contributed by atoms with Crippen molar-refractivity contribution in [2.24, 2.45) is 0 Å². The van der Waals surface area contributed by atoms with Crippen molar-refractivity contribution in [2.45, 2.75) is 29.0 Å². The molecular formula is C21H23NO6SSe. The average Bonchev–Trinajstić information content (AvgIpc) is 3.25. The number of fused-ring (bicyclic) bond motifs is 3. The van der Waals surface area contributed by atoms with Crippen LogP contribution in [0, 0.1) is 0 Å². The van der Waals surface area contributed by atoms with Crippen LogP contribution in [0.1, 0.15) is 37.2 Å². The zero-order valence-electron chi connectivity index (χ0n) is 16.9. The fourth-order valence-electron chi connectivity index (χ4n) is 4.26. The summed E-state index contributed by atoms with van der Waals surface area (Å²) in [5.41, 5.74) is 0.768. The standard InChI is InChI=1S/C21H23NO6SSe/c1-26-20(24)15-9-13-14-10-21(27-2,28-3)11-22-16(14)19(17(23)18(13)29-15)30(25)12-7-5-4-6-8-12/h4-9,14,16,19,22H,10-11H2,1-3H3/t14-,16-,19+,30?/m1/s1. The number of rotatable bonds is 5. The Kier molecular flexibility index (Phi) is 6.03. The minimum absolute atomic E-state index is 0.176. The Bertz CT molecular complexity index is 987. The normalized spacial score (nSPS) is 25.8. The van der Waals surface area contributed by atoms with E-state index in [2.05, 4.69) is 5.32 Å². The van der Waals surface area contributed by atoms with Crippen LogP contribution in [0.15, 0.2) is 36.4 Å². The number of benzene rings is 1. The molecular weight excluding hydrogens is 473 g/mol. The van der Waals surface area contributed by atoms with Crippen LogP contribution in [0.5, 0.6) is 0 Å². The van der Waals surface area contributed by atoms with E-state index in [-0.39, 0.29) is 17.7 Å². The van der Waals surface area contributed by atoms with E-state index in [1.807, 2.05) is 18.2 Å². The first-order valence-corrected chi connectivity index (χ1v) is 12.9. The Morgan fingerprint density at radius 2 is 1.90 bits per heavy atom. The second-order valence-electron chi connectivity index (χ2n) is 7.32. The van der Waals surface area contributed by atoms with Crippen LogP contribution in [0.3, 0.4) is 0 Å². The van der Waals surface area contributed by atoms with Crippen molar-refractivity contribution in [3.8, 4) is 0 Å². The molecule has 4 atom stereocenters. The molecule has 1 aliphatic carbocycles. The number of hydrogen-bond acceptors (Lipinski definition) is 8. The number of carbonyl (C=O) groups is 2. The number of ether oxygens (including phenoxy) is 3. The van der Waals surface area contributed by atoms with Gasteiger partial charge in [-0.05, 0) is 0 Å². The van der Waals surface area contributed by atoms with Crippen molar-refractivity contribution in [1.29, 1.82) is 0 Å². The summed E-state index contributed by atoms with van der Waals surface area (Å²) < 4.78 is 30.4. The average molecular weight is 496 g/mol. The molecule has 4 rings (SSSR count). The van der Waals surface area contributed by atoms with Crippen molar-refractivity contribution < 1.29 is 27.6 Å². The molecule has 2 aliphatic rings. The molecule has 1 aromatic carbocycles. The van der Waals surface area contributed by atoms with E-state index in [9.17, 15) is 13.4 Å². The number of ketones is 1. The first kappa shape index (κ1) is 21.5. The maximum atomic E-state index is 13.6. The monoisotopic (exact) mass is 497 g/mol. The quantitative estimate of drug-likeness (QED) is 0.384. The Morgan fingerprint density at radius 1 is 1.20 bits per heavy atom. The van der Waals surface area contributed by atoms with E-state index >= 15 is 0 Å². The summed E-state index contributed by atoms with van der Waals surface area (Å²) >= 11 is -1.61. The molecule has 0 saturated carbocycles. The second-order valence-corrected chi connectivity index (χ2v) is 11.7. The number of esters is 1. The summed E-state index contributed by atoms with van der Waals surface area (Å²) in [5.74, 6) is -1.71. The molecule has 0 radical (unpaired) electrons. The molecule has 0 bridgehead atoms.